The van der Waals surface area contributed by atoms with Crippen LogP contribution in [0.1, 0.15) is 13.3 Å². The van der Waals surface area contributed by atoms with Gasteiger partial charge >= 0.3 is 5.97 Å². The zero-order valence-corrected chi connectivity index (χ0v) is 14.9. The summed E-state index contributed by atoms with van der Waals surface area (Å²) in [6, 6.07) is 10.7. The molecule has 7 heteroatoms. The molecular formula is C17H22N2O4S. The minimum Gasteiger partial charge on any atom is -0.481 e. The van der Waals surface area contributed by atoms with Gasteiger partial charge in [0.1, 0.15) is 0 Å². The van der Waals surface area contributed by atoms with Crippen molar-refractivity contribution in [3.8, 4) is 0 Å². The molecule has 0 amide bonds. The number of anilines is 1. The second-order valence-corrected chi connectivity index (χ2v) is 7.57. The predicted molar refractivity (Wildman–Crippen MR) is 95.0 cm³/mol. The summed E-state index contributed by atoms with van der Waals surface area (Å²) in [7, 11) is 0.0435. The van der Waals surface area contributed by atoms with Gasteiger partial charge in [-0.2, -0.15) is 4.31 Å². The number of hydrogen-bond donors (Lipinski definition) is 1. The lowest BCUT2D eigenvalue weighted by Gasteiger charge is -2.22. The fourth-order valence-corrected chi connectivity index (χ4v) is 4.34. The van der Waals surface area contributed by atoms with Gasteiger partial charge in [-0.25, -0.2) is 8.42 Å². The van der Waals surface area contributed by atoms with Gasteiger partial charge in [0, 0.05) is 43.6 Å². The molecule has 0 saturated carbocycles. The molecule has 2 rings (SSSR count). The Labute approximate surface area is 142 Å². The SMILES string of the molecule is CCN(CCC(=O)O)S(=O)(=O)c1cccc2c(N(C)C)cccc12. The summed E-state index contributed by atoms with van der Waals surface area (Å²) in [4.78, 5) is 12.9. The van der Waals surface area contributed by atoms with Crippen LogP contribution in [0.25, 0.3) is 10.8 Å². The lowest BCUT2D eigenvalue weighted by Crippen LogP contribution is -2.33. The largest absolute Gasteiger partial charge is 0.481 e. The molecule has 6 nitrogen and oxygen atoms in total. The van der Waals surface area contributed by atoms with Gasteiger partial charge in [0.15, 0.2) is 0 Å². The van der Waals surface area contributed by atoms with E-state index in [2.05, 4.69) is 0 Å². The highest BCUT2D eigenvalue weighted by Crippen LogP contribution is 2.31. The minimum absolute atomic E-state index is 0.0437. The van der Waals surface area contributed by atoms with Crippen LogP contribution in [0.4, 0.5) is 5.69 Å². The highest BCUT2D eigenvalue weighted by Gasteiger charge is 2.25. The predicted octanol–water partition coefficient (Wildman–Crippen LogP) is 2.39. The first kappa shape index (κ1) is 18.2. The van der Waals surface area contributed by atoms with Crippen molar-refractivity contribution in [2.45, 2.75) is 18.2 Å². The first-order chi connectivity index (χ1) is 11.3. The maximum absolute atomic E-state index is 13.0. The molecule has 2 aromatic rings. The summed E-state index contributed by atoms with van der Waals surface area (Å²) < 4.78 is 27.2. The summed E-state index contributed by atoms with van der Waals surface area (Å²) in [6.07, 6.45) is -0.221. The Morgan fingerprint density at radius 3 is 2.29 bits per heavy atom. The van der Waals surface area contributed by atoms with Crippen molar-refractivity contribution >= 4 is 32.5 Å². The topological polar surface area (TPSA) is 77.9 Å². The standard InChI is InChI=1S/C17H22N2O4S/c1-4-19(12-11-17(20)21)24(22,23)16-10-6-7-13-14(16)8-5-9-15(13)18(2)3/h5-10H,4,11-12H2,1-3H3,(H,20,21). The number of rotatable bonds is 7. The van der Waals surface area contributed by atoms with E-state index in [1.807, 2.05) is 37.2 Å². The Morgan fingerprint density at radius 2 is 1.71 bits per heavy atom. The molecule has 0 atom stereocenters. The highest BCUT2D eigenvalue weighted by molar-refractivity contribution is 7.89. The second kappa shape index (κ2) is 7.19. The Kier molecular flexibility index (Phi) is 5.46. The number of carboxylic acids is 1. The summed E-state index contributed by atoms with van der Waals surface area (Å²) in [6.45, 7) is 1.88. The third-order valence-electron chi connectivity index (χ3n) is 3.89. The maximum Gasteiger partial charge on any atom is 0.304 e. The zero-order chi connectivity index (χ0) is 17.9. The fraction of sp³-hybridized carbons (Fsp3) is 0.353. The van der Waals surface area contributed by atoms with Crippen molar-refractivity contribution < 1.29 is 18.3 Å². The lowest BCUT2D eigenvalue weighted by molar-refractivity contribution is -0.137. The maximum atomic E-state index is 13.0. The van der Waals surface area contributed by atoms with Crippen molar-refractivity contribution in [3.05, 3.63) is 36.4 Å². The fourth-order valence-electron chi connectivity index (χ4n) is 2.69. The van der Waals surface area contributed by atoms with E-state index in [1.54, 1.807) is 25.1 Å². The van der Waals surface area contributed by atoms with E-state index in [-0.39, 0.29) is 24.4 Å². The zero-order valence-electron chi connectivity index (χ0n) is 14.1. The molecule has 0 radical (unpaired) electrons. The first-order valence-corrected chi connectivity index (χ1v) is 9.14. The van der Waals surface area contributed by atoms with Gasteiger partial charge < -0.3 is 10.0 Å². The smallest absolute Gasteiger partial charge is 0.304 e. The van der Waals surface area contributed by atoms with Crippen LogP contribution < -0.4 is 4.90 Å². The van der Waals surface area contributed by atoms with E-state index in [9.17, 15) is 13.2 Å². The van der Waals surface area contributed by atoms with Crippen LogP contribution in [-0.4, -0.2) is 51.0 Å². The Bertz CT molecular complexity index is 847. The highest BCUT2D eigenvalue weighted by atomic mass is 32.2. The van der Waals surface area contributed by atoms with Crippen molar-refractivity contribution in [2.75, 3.05) is 32.1 Å². The number of sulfonamides is 1. The molecule has 1 N–H and O–H groups in total. The molecule has 0 saturated heterocycles. The molecule has 0 aromatic heterocycles. The molecule has 0 aliphatic heterocycles. The monoisotopic (exact) mass is 350 g/mol. The Morgan fingerprint density at radius 1 is 1.08 bits per heavy atom. The summed E-state index contributed by atoms with van der Waals surface area (Å²) in [5, 5.41) is 10.3. The summed E-state index contributed by atoms with van der Waals surface area (Å²) in [5.41, 5.74) is 0.929. The van der Waals surface area contributed by atoms with Gasteiger partial charge in [0.2, 0.25) is 10.0 Å². The van der Waals surface area contributed by atoms with Crippen LogP contribution >= 0.6 is 0 Å². The molecule has 0 unspecified atom stereocenters. The molecular weight excluding hydrogens is 328 g/mol. The minimum atomic E-state index is -3.76. The molecule has 2 aromatic carbocycles. The molecule has 0 heterocycles. The van der Waals surface area contributed by atoms with Gasteiger partial charge in [0.05, 0.1) is 11.3 Å². The van der Waals surface area contributed by atoms with Crippen molar-refractivity contribution in [1.82, 2.24) is 4.31 Å². The first-order valence-electron chi connectivity index (χ1n) is 7.70. The van der Waals surface area contributed by atoms with Crippen LogP contribution in [-0.2, 0) is 14.8 Å². The van der Waals surface area contributed by atoms with Crippen LogP contribution in [0, 0.1) is 0 Å². The number of fused-ring (bicyclic) bond motifs is 1. The van der Waals surface area contributed by atoms with E-state index >= 15 is 0 Å². The average Bonchev–Trinajstić information content (AvgIpc) is 2.53. The van der Waals surface area contributed by atoms with Crippen molar-refractivity contribution in [2.24, 2.45) is 0 Å². The lowest BCUT2D eigenvalue weighted by atomic mass is 10.1. The van der Waals surface area contributed by atoms with E-state index in [0.29, 0.717) is 5.39 Å². The quantitative estimate of drug-likeness (QED) is 0.829. The molecule has 24 heavy (non-hydrogen) atoms. The number of carbonyl (C=O) groups is 1. The van der Waals surface area contributed by atoms with Crippen LogP contribution in [0.3, 0.4) is 0 Å². The summed E-state index contributed by atoms with van der Waals surface area (Å²) in [5.74, 6) is -1.02. The normalized spacial score (nSPS) is 11.8. The molecule has 0 spiro atoms. The number of nitrogens with zero attached hydrogens (tertiary/aromatic N) is 2. The van der Waals surface area contributed by atoms with E-state index in [4.69, 9.17) is 5.11 Å². The van der Waals surface area contributed by atoms with Crippen molar-refractivity contribution in [1.29, 1.82) is 0 Å². The van der Waals surface area contributed by atoms with Gasteiger partial charge in [-0.15, -0.1) is 0 Å². The molecule has 130 valence electrons. The number of hydrogen-bond acceptors (Lipinski definition) is 4. The molecule has 0 bridgehead atoms. The van der Waals surface area contributed by atoms with E-state index < -0.39 is 16.0 Å². The summed E-state index contributed by atoms with van der Waals surface area (Å²) >= 11 is 0. The second-order valence-electron chi connectivity index (χ2n) is 5.66. The van der Waals surface area contributed by atoms with Gasteiger partial charge in [-0.1, -0.05) is 31.2 Å². The average molecular weight is 350 g/mol. The number of carboxylic acid groups (broad SMARTS) is 1. The van der Waals surface area contributed by atoms with Gasteiger partial charge in [0.25, 0.3) is 0 Å². The number of aliphatic carboxylic acids is 1. The third kappa shape index (κ3) is 3.52. The Balaban J connectivity index is 2.58. The van der Waals surface area contributed by atoms with Crippen LogP contribution in [0.5, 0.6) is 0 Å². The number of benzene rings is 2. The van der Waals surface area contributed by atoms with Gasteiger partial charge in [-0.05, 0) is 12.1 Å². The van der Waals surface area contributed by atoms with E-state index in [1.165, 1.54) is 4.31 Å². The third-order valence-corrected chi connectivity index (χ3v) is 5.92. The van der Waals surface area contributed by atoms with Crippen molar-refractivity contribution in [3.63, 3.8) is 0 Å². The van der Waals surface area contributed by atoms with Gasteiger partial charge in [-0.3, -0.25) is 4.79 Å². The van der Waals surface area contributed by atoms with Crippen LogP contribution in [0.15, 0.2) is 41.3 Å². The molecule has 0 fully saturated rings. The molecule has 0 aliphatic carbocycles. The van der Waals surface area contributed by atoms with E-state index in [0.717, 1.165) is 11.1 Å². The molecule has 0 aliphatic rings. The Hall–Kier alpha value is -2.12. The van der Waals surface area contributed by atoms with Crippen LogP contribution in [0.2, 0.25) is 0 Å².